The fourth-order valence-electron chi connectivity index (χ4n) is 0.0772. The Morgan fingerprint density at radius 2 is 1.50 bits per heavy atom. The fourth-order valence-corrected chi connectivity index (χ4v) is 0.401. The maximum Gasteiger partial charge on any atom is 0.0559 e. The Morgan fingerprint density at radius 1 is 1.17 bits per heavy atom. The van der Waals surface area contributed by atoms with Gasteiger partial charge in [-0.1, -0.05) is 68.8 Å². The maximum absolute atomic E-state index is 4.64. The van der Waals surface area contributed by atoms with Crippen LogP contribution in [0.2, 0.25) is 0 Å². The molecule has 0 saturated carbocycles. The van der Waals surface area contributed by atoms with Gasteiger partial charge in [0.1, 0.15) is 0 Å². The zero-order valence-electron chi connectivity index (χ0n) is 7.37. The molecule has 0 aromatic carbocycles. The van der Waals surface area contributed by atoms with E-state index < -0.39 is 0 Å². The smallest absolute Gasteiger partial charge is 0.0559 e. The lowest BCUT2D eigenvalue weighted by molar-refractivity contribution is 0.219. The Kier molecular flexibility index (Phi) is 75.9. The third-order valence-corrected chi connectivity index (χ3v) is 1.59. The number of hydrogen-bond donors (Lipinski definition) is 0. The van der Waals surface area contributed by atoms with E-state index in [-0.39, 0.29) is 7.43 Å². The van der Waals surface area contributed by atoms with Gasteiger partial charge in [0, 0.05) is 17.8 Å². The molecule has 0 bridgehead atoms. The van der Waals surface area contributed by atoms with Gasteiger partial charge in [-0.2, -0.15) is 0 Å². The van der Waals surface area contributed by atoms with E-state index in [1.807, 2.05) is 4.93 Å². The van der Waals surface area contributed by atoms with Crippen molar-refractivity contribution in [3.05, 3.63) is 0 Å². The van der Waals surface area contributed by atoms with Crippen LogP contribution in [-0.2, 0) is 4.74 Å². The third kappa shape index (κ3) is 61.1. The van der Waals surface area contributed by atoms with Crippen molar-refractivity contribution in [2.45, 2.75) is 20.8 Å². The molecule has 0 spiro atoms. The van der Waals surface area contributed by atoms with Crippen LogP contribution in [0, 0.1) is 0 Å². The first-order chi connectivity index (χ1) is 5.33. The molecule has 12 heavy (non-hydrogen) atoms. The van der Waals surface area contributed by atoms with Crippen molar-refractivity contribution < 1.29 is 4.74 Å². The van der Waals surface area contributed by atoms with E-state index in [1.54, 1.807) is 7.11 Å². The second-order valence-electron chi connectivity index (χ2n) is 1.37. The Balaban J connectivity index is -0.0000000419. The average Bonchev–Trinajstić information content (AvgIpc) is 2.10. The van der Waals surface area contributed by atoms with Crippen LogP contribution < -0.4 is 0 Å². The van der Waals surface area contributed by atoms with E-state index in [0.29, 0.717) is 0 Å². The Labute approximate surface area is 108 Å². The van der Waals surface area contributed by atoms with Crippen LogP contribution in [0.15, 0.2) is 0 Å². The van der Waals surface area contributed by atoms with Gasteiger partial charge in [-0.15, -0.1) is 0 Å². The molecule has 0 fully saturated rings. The Morgan fingerprint density at radius 3 is 1.50 bits per heavy atom. The first-order valence-corrected chi connectivity index (χ1v) is 7.72. The summed E-state index contributed by atoms with van der Waals surface area (Å²) in [4.78, 5) is 1.97. The molecule has 0 rings (SSSR count). The molecule has 0 N–H and O–H groups in total. The summed E-state index contributed by atoms with van der Waals surface area (Å²) in [5, 5.41) is 2.07. The van der Waals surface area contributed by atoms with E-state index in [0.717, 1.165) is 17.3 Å². The van der Waals surface area contributed by atoms with Crippen LogP contribution in [-0.4, -0.2) is 29.3 Å². The minimum absolute atomic E-state index is 0. The van der Waals surface area contributed by atoms with E-state index in [4.69, 9.17) is 0 Å². The standard InChI is InChI=1S/C3H7BrO.C3H7Br.CH3I.CH4/c1-5-3-2-4;1-2-3-4;1-2;/h2-3H2,1H3;2-3H2,1H3;1H3;1H4. The molecule has 1 nitrogen and oxygen atoms in total. The number of hydrogen-bond acceptors (Lipinski definition) is 1. The van der Waals surface area contributed by atoms with Crippen molar-refractivity contribution in [3.63, 3.8) is 0 Å². The number of halogens is 3. The van der Waals surface area contributed by atoms with Crippen LogP contribution in [0.5, 0.6) is 0 Å². The van der Waals surface area contributed by atoms with E-state index in [9.17, 15) is 0 Å². The van der Waals surface area contributed by atoms with Crippen molar-refractivity contribution in [3.8, 4) is 0 Å². The zero-order valence-corrected chi connectivity index (χ0v) is 12.7. The summed E-state index contributed by atoms with van der Waals surface area (Å²) in [6, 6.07) is 0. The van der Waals surface area contributed by atoms with Crippen LogP contribution in [0.25, 0.3) is 0 Å². The highest BCUT2D eigenvalue weighted by molar-refractivity contribution is 14.1. The van der Waals surface area contributed by atoms with Gasteiger partial charge < -0.3 is 4.74 Å². The summed E-state index contributed by atoms with van der Waals surface area (Å²) in [6.45, 7) is 2.94. The predicted molar refractivity (Wildman–Crippen MR) is 76.4 cm³/mol. The van der Waals surface area contributed by atoms with Crippen molar-refractivity contribution >= 4 is 54.5 Å². The Bertz CT molecular complexity index is 36.2. The van der Waals surface area contributed by atoms with Crippen molar-refractivity contribution in [2.75, 3.05) is 29.3 Å². The largest absolute Gasteiger partial charge is 0.384 e. The molecule has 0 aromatic rings. The molecule has 4 heteroatoms. The molecule has 80 valence electrons. The van der Waals surface area contributed by atoms with Crippen LogP contribution in [0.3, 0.4) is 0 Å². The van der Waals surface area contributed by atoms with Gasteiger partial charge in [-0.05, 0) is 11.4 Å². The SMILES string of the molecule is C.CCCBr.CI.COCCBr. The zero-order chi connectivity index (χ0) is 9.54. The third-order valence-electron chi connectivity index (χ3n) is 0.470. The van der Waals surface area contributed by atoms with E-state index in [1.165, 1.54) is 6.42 Å². The summed E-state index contributed by atoms with van der Waals surface area (Å²) in [5.41, 5.74) is 0. The molecule has 0 aliphatic carbocycles. The van der Waals surface area contributed by atoms with Gasteiger partial charge in [0.05, 0.1) is 6.61 Å². The lowest BCUT2D eigenvalue weighted by Crippen LogP contribution is -1.85. The molecule has 0 radical (unpaired) electrons. The van der Waals surface area contributed by atoms with Crippen molar-refractivity contribution in [1.82, 2.24) is 0 Å². The summed E-state index contributed by atoms with van der Waals surface area (Å²) in [7, 11) is 1.68. The highest BCUT2D eigenvalue weighted by Crippen LogP contribution is 1.80. The molecule has 0 heterocycles. The van der Waals surface area contributed by atoms with Gasteiger partial charge in [-0.25, -0.2) is 0 Å². The van der Waals surface area contributed by atoms with Gasteiger partial charge in [0.15, 0.2) is 0 Å². The quantitative estimate of drug-likeness (QED) is 0.483. The van der Waals surface area contributed by atoms with E-state index in [2.05, 4.69) is 66.1 Å². The van der Waals surface area contributed by atoms with Gasteiger partial charge in [0.25, 0.3) is 0 Å². The number of ether oxygens (including phenoxy) is 1. The minimum atomic E-state index is 0. The van der Waals surface area contributed by atoms with Crippen molar-refractivity contribution in [2.24, 2.45) is 0 Å². The molecule has 0 unspecified atom stereocenters. The number of methoxy groups -OCH3 is 1. The lowest BCUT2D eigenvalue weighted by Gasteiger charge is -1.83. The second kappa shape index (κ2) is 38.8. The molecule has 0 atom stereocenters. The van der Waals surface area contributed by atoms with Crippen LogP contribution >= 0.6 is 54.5 Å². The number of rotatable bonds is 3. The molecule has 0 saturated heterocycles. The highest BCUT2D eigenvalue weighted by atomic mass is 127. The fraction of sp³-hybridized carbons (Fsp3) is 1.00. The minimum Gasteiger partial charge on any atom is -0.384 e. The molecule has 0 aliphatic heterocycles. The molecule has 0 aromatic heterocycles. The first-order valence-electron chi connectivity index (χ1n) is 3.32. The summed E-state index contributed by atoms with van der Waals surface area (Å²) < 4.78 is 4.64. The predicted octanol–water partition coefficient (Wildman–Crippen LogP) is 4.51. The van der Waals surface area contributed by atoms with Crippen LogP contribution in [0.4, 0.5) is 0 Å². The van der Waals surface area contributed by atoms with Gasteiger partial charge in [0.2, 0.25) is 0 Å². The van der Waals surface area contributed by atoms with Crippen LogP contribution in [0.1, 0.15) is 20.8 Å². The maximum atomic E-state index is 4.64. The monoisotopic (exact) mass is 418 g/mol. The lowest BCUT2D eigenvalue weighted by atomic mass is 10.6. The van der Waals surface area contributed by atoms with Gasteiger partial charge >= 0.3 is 0 Å². The molecular formula is C8H21Br2IO. The van der Waals surface area contributed by atoms with Crippen molar-refractivity contribution in [1.29, 1.82) is 0 Å². The second-order valence-corrected chi connectivity index (χ2v) is 2.96. The Hall–Kier alpha value is 1.65. The topological polar surface area (TPSA) is 9.23 Å². The number of alkyl halides is 3. The summed E-state index contributed by atoms with van der Waals surface area (Å²) in [6.07, 6.45) is 1.24. The summed E-state index contributed by atoms with van der Waals surface area (Å²) >= 11 is 8.58. The van der Waals surface area contributed by atoms with Gasteiger partial charge in [-0.3, -0.25) is 0 Å². The molecular weight excluding hydrogens is 399 g/mol. The normalized spacial score (nSPS) is 6.50. The molecule has 0 aliphatic rings. The summed E-state index contributed by atoms with van der Waals surface area (Å²) in [5.74, 6) is 0. The highest BCUT2D eigenvalue weighted by Gasteiger charge is 1.68. The molecule has 0 amide bonds. The average molecular weight is 420 g/mol. The first kappa shape index (κ1) is 23.5. The van der Waals surface area contributed by atoms with E-state index >= 15 is 0 Å².